The fraction of sp³-hybridized carbons (Fsp3) is 0.647. The SMILES string of the molecule is CCCNCc1ccc(N2CCC(CCC)C2)cc1Br. The summed E-state index contributed by atoms with van der Waals surface area (Å²) in [5.74, 6) is 0.893. The molecule has 112 valence electrons. The molecular formula is C17H27BrN2. The molecule has 1 aliphatic rings. The Balaban J connectivity index is 1.95. The average molecular weight is 339 g/mol. The molecule has 2 nitrogen and oxygen atoms in total. The van der Waals surface area contributed by atoms with Crippen molar-refractivity contribution in [2.45, 2.75) is 46.1 Å². The first-order valence-electron chi connectivity index (χ1n) is 7.98. The van der Waals surface area contributed by atoms with Crippen LogP contribution in [0.25, 0.3) is 0 Å². The number of rotatable bonds is 7. The van der Waals surface area contributed by atoms with Gasteiger partial charge in [-0.15, -0.1) is 0 Å². The van der Waals surface area contributed by atoms with Crippen LogP contribution in [-0.4, -0.2) is 19.6 Å². The van der Waals surface area contributed by atoms with Gasteiger partial charge in [-0.25, -0.2) is 0 Å². The minimum Gasteiger partial charge on any atom is -0.371 e. The molecule has 1 atom stereocenters. The highest BCUT2D eigenvalue weighted by Gasteiger charge is 2.22. The van der Waals surface area contributed by atoms with Crippen LogP contribution in [0, 0.1) is 5.92 Å². The Morgan fingerprint density at radius 2 is 2.15 bits per heavy atom. The van der Waals surface area contributed by atoms with Crippen LogP contribution in [0.1, 0.15) is 45.1 Å². The van der Waals surface area contributed by atoms with E-state index >= 15 is 0 Å². The van der Waals surface area contributed by atoms with Crippen molar-refractivity contribution in [3.05, 3.63) is 28.2 Å². The lowest BCUT2D eigenvalue weighted by Crippen LogP contribution is -2.20. The van der Waals surface area contributed by atoms with E-state index < -0.39 is 0 Å². The number of nitrogens with one attached hydrogen (secondary N) is 1. The number of nitrogens with zero attached hydrogens (tertiary/aromatic N) is 1. The van der Waals surface area contributed by atoms with Gasteiger partial charge in [0.1, 0.15) is 0 Å². The van der Waals surface area contributed by atoms with E-state index in [0.717, 1.165) is 19.0 Å². The van der Waals surface area contributed by atoms with Crippen molar-refractivity contribution in [2.75, 3.05) is 24.5 Å². The first-order valence-corrected chi connectivity index (χ1v) is 8.78. The minimum absolute atomic E-state index is 0.893. The summed E-state index contributed by atoms with van der Waals surface area (Å²) in [5.41, 5.74) is 2.72. The standard InChI is InChI=1S/C17H27BrN2/c1-3-5-14-8-10-20(13-14)16-7-6-15(17(18)11-16)12-19-9-4-2/h6-7,11,14,19H,3-5,8-10,12-13H2,1-2H3. The lowest BCUT2D eigenvalue weighted by Gasteiger charge is -2.20. The van der Waals surface area contributed by atoms with Crippen molar-refractivity contribution in [3.63, 3.8) is 0 Å². The van der Waals surface area contributed by atoms with E-state index in [1.54, 1.807) is 0 Å². The van der Waals surface area contributed by atoms with Crippen molar-refractivity contribution >= 4 is 21.6 Å². The molecule has 2 rings (SSSR count). The average Bonchev–Trinajstić information content (AvgIpc) is 2.90. The monoisotopic (exact) mass is 338 g/mol. The van der Waals surface area contributed by atoms with Crippen molar-refractivity contribution in [1.29, 1.82) is 0 Å². The molecule has 0 aromatic heterocycles. The predicted molar refractivity (Wildman–Crippen MR) is 91.4 cm³/mol. The second-order valence-electron chi connectivity index (χ2n) is 5.84. The molecule has 1 heterocycles. The molecule has 0 bridgehead atoms. The Morgan fingerprint density at radius 1 is 1.30 bits per heavy atom. The van der Waals surface area contributed by atoms with E-state index in [1.165, 1.54) is 54.5 Å². The first kappa shape index (κ1) is 15.8. The molecule has 0 amide bonds. The summed E-state index contributed by atoms with van der Waals surface area (Å²) in [7, 11) is 0. The lowest BCUT2D eigenvalue weighted by atomic mass is 10.0. The van der Waals surface area contributed by atoms with Crippen molar-refractivity contribution in [2.24, 2.45) is 5.92 Å². The molecule has 1 fully saturated rings. The third-order valence-corrected chi connectivity index (χ3v) is 4.87. The molecule has 1 saturated heterocycles. The smallest absolute Gasteiger partial charge is 0.0377 e. The first-order chi connectivity index (χ1) is 9.74. The summed E-state index contributed by atoms with van der Waals surface area (Å²) in [6, 6.07) is 6.83. The van der Waals surface area contributed by atoms with Crippen LogP contribution < -0.4 is 10.2 Å². The molecule has 1 aliphatic heterocycles. The van der Waals surface area contributed by atoms with Gasteiger partial charge in [0.2, 0.25) is 0 Å². The minimum atomic E-state index is 0.893. The summed E-state index contributed by atoms with van der Waals surface area (Å²) in [6.07, 6.45) is 5.22. The van der Waals surface area contributed by atoms with Gasteiger partial charge >= 0.3 is 0 Å². The van der Waals surface area contributed by atoms with E-state index in [2.05, 4.69) is 58.2 Å². The van der Waals surface area contributed by atoms with Gasteiger partial charge in [-0.05, 0) is 49.4 Å². The van der Waals surface area contributed by atoms with Crippen LogP contribution in [0.2, 0.25) is 0 Å². The Kier molecular flexibility index (Phi) is 6.37. The van der Waals surface area contributed by atoms with Crippen LogP contribution in [0.5, 0.6) is 0 Å². The summed E-state index contributed by atoms with van der Waals surface area (Å²) in [5, 5.41) is 3.46. The van der Waals surface area contributed by atoms with Gasteiger partial charge in [-0.1, -0.05) is 42.3 Å². The van der Waals surface area contributed by atoms with Crippen molar-refractivity contribution in [3.8, 4) is 0 Å². The fourth-order valence-electron chi connectivity index (χ4n) is 2.99. The van der Waals surface area contributed by atoms with Crippen molar-refractivity contribution in [1.82, 2.24) is 5.32 Å². The Labute approximate surface area is 132 Å². The van der Waals surface area contributed by atoms with Gasteiger partial charge in [0.05, 0.1) is 0 Å². The second-order valence-corrected chi connectivity index (χ2v) is 6.70. The number of halogens is 1. The molecule has 0 aliphatic carbocycles. The fourth-order valence-corrected chi connectivity index (χ4v) is 3.49. The van der Waals surface area contributed by atoms with Crippen LogP contribution in [0.15, 0.2) is 22.7 Å². The predicted octanol–water partition coefficient (Wildman–Crippen LogP) is 4.58. The summed E-state index contributed by atoms with van der Waals surface area (Å²) in [6.45, 7) is 8.97. The maximum Gasteiger partial charge on any atom is 0.0377 e. The third kappa shape index (κ3) is 4.23. The molecule has 0 saturated carbocycles. The Hall–Kier alpha value is -0.540. The molecule has 1 aromatic carbocycles. The zero-order valence-corrected chi connectivity index (χ0v) is 14.4. The highest BCUT2D eigenvalue weighted by atomic mass is 79.9. The topological polar surface area (TPSA) is 15.3 Å². The Bertz CT molecular complexity index is 419. The van der Waals surface area contributed by atoms with Gasteiger partial charge in [0.25, 0.3) is 0 Å². The Morgan fingerprint density at radius 3 is 2.85 bits per heavy atom. The van der Waals surface area contributed by atoms with Crippen LogP contribution in [0.4, 0.5) is 5.69 Å². The number of hydrogen-bond acceptors (Lipinski definition) is 2. The molecule has 0 radical (unpaired) electrons. The second kappa shape index (κ2) is 8.04. The van der Waals surface area contributed by atoms with E-state index in [9.17, 15) is 0 Å². The summed E-state index contributed by atoms with van der Waals surface area (Å²) in [4.78, 5) is 2.54. The zero-order valence-electron chi connectivity index (χ0n) is 12.8. The molecule has 1 N–H and O–H groups in total. The molecular weight excluding hydrogens is 312 g/mol. The van der Waals surface area contributed by atoms with E-state index in [4.69, 9.17) is 0 Å². The lowest BCUT2D eigenvalue weighted by molar-refractivity contribution is 0.530. The van der Waals surface area contributed by atoms with E-state index in [-0.39, 0.29) is 0 Å². The third-order valence-electron chi connectivity index (χ3n) is 4.13. The molecule has 3 heteroatoms. The van der Waals surface area contributed by atoms with Crippen LogP contribution in [-0.2, 0) is 6.54 Å². The van der Waals surface area contributed by atoms with E-state index in [1.807, 2.05) is 0 Å². The maximum atomic E-state index is 3.73. The quantitative estimate of drug-likeness (QED) is 0.732. The maximum absolute atomic E-state index is 3.73. The largest absolute Gasteiger partial charge is 0.371 e. The summed E-state index contributed by atoms with van der Waals surface area (Å²) >= 11 is 3.73. The molecule has 20 heavy (non-hydrogen) atoms. The number of anilines is 1. The van der Waals surface area contributed by atoms with Gasteiger partial charge in [-0.2, -0.15) is 0 Å². The highest BCUT2D eigenvalue weighted by molar-refractivity contribution is 9.10. The van der Waals surface area contributed by atoms with E-state index in [0.29, 0.717) is 0 Å². The van der Waals surface area contributed by atoms with Gasteiger partial charge in [0.15, 0.2) is 0 Å². The van der Waals surface area contributed by atoms with Crippen molar-refractivity contribution < 1.29 is 0 Å². The molecule has 0 spiro atoms. The number of benzene rings is 1. The van der Waals surface area contributed by atoms with Crippen LogP contribution in [0.3, 0.4) is 0 Å². The zero-order chi connectivity index (χ0) is 14.4. The number of hydrogen-bond donors (Lipinski definition) is 1. The highest BCUT2D eigenvalue weighted by Crippen LogP contribution is 2.29. The van der Waals surface area contributed by atoms with Gasteiger partial charge < -0.3 is 10.2 Å². The van der Waals surface area contributed by atoms with Gasteiger partial charge in [-0.3, -0.25) is 0 Å². The normalized spacial score (nSPS) is 18.8. The summed E-state index contributed by atoms with van der Waals surface area (Å²) < 4.78 is 1.23. The molecule has 1 aromatic rings. The molecule has 1 unspecified atom stereocenters. The van der Waals surface area contributed by atoms with Gasteiger partial charge in [0, 0.05) is 29.8 Å². The van der Waals surface area contributed by atoms with Crippen LogP contribution >= 0.6 is 15.9 Å².